The van der Waals surface area contributed by atoms with Gasteiger partial charge in [-0.2, -0.15) is 0 Å². The molecule has 2 unspecified atom stereocenters. The fraction of sp³-hybridized carbons (Fsp3) is 0.692. The highest BCUT2D eigenvalue weighted by molar-refractivity contribution is 8.01. The van der Waals surface area contributed by atoms with Crippen LogP contribution in [-0.2, 0) is 0 Å². The summed E-state index contributed by atoms with van der Waals surface area (Å²) in [7, 11) is 0. The number of thioether (sulfide) groups is 2. The Hall–Kier alpha value is 0.180. The molecule has 0 bridgehead atoms. The lowest BCUT2D eigenvalue weighted by Gasteiger charge is -2.23. The SMILES string of the molecule is CC1=CC(SC(C)C)C=CC1SC(C)C. The first-order valence-electron chi connectivity index (χ1n) is 5.66. The summed E-state index contributed by atoms with van der Waals surface area (Å²) in [6.07, 6.45) is 7.16. The van der Waals surface area contributed by atoms with Gasteiger partial charge in [0.05, 0.1) is 0 Å². The molecule has 0 saturated carbocycles. The molecule has 0 spiro atoms. The molecule has 15 heavy (non-hydrogen) atoms. The maximum absolute atomic E-state index is 2.42. The summed E-state index contributed by atoms with van der Waals surface area (Å²) in [6, 6.07) is 0. The summed E-state index contributed by atoms with van der Waals surface area (Å²) in [5.41, 5.74) is 1.52. The molecular weight excluding hydrogens is 220 g/mol. The van der Waals surface area contributed by atoms with Gasteiger partial charge in [-0.15, -0.1) is 23.5 Å². The van der Waals surface area contributed by atoms with E-state index in [0.717, 1.165) is 0 Å². The van der Waals surface area contributed by atoms with Crippen LogP contribution in [0.3, 0.4) is 0 Å². The second kappa shape index (κ2) is 6.05. The predicted octanol–water partition coefficient (Wildman–Crippen LogP) is 4.52. The van der Waals surface area contributed by atoms with Gasteiger partial charge in [-0.05, 0) is 17.4 Å². The monoisotopic (exact) mass is 242 g/mol. The quantitative estimate of drug-likeness (QED) is 0.665. The third kappa shape index (κ3) is 4.69. The van der Waals surface area contributed by atoms with E-state index in [1.54, 1.807) is 0 Å². The van der Waals surface area contributed by atoms with Crippen molar-refractivity contribution in [2.24, 2.45) is 0 Å². The lowest BCUT2D eigenvalue weighted by Crippen LogP contribution is -2.13. The molecule has 1 aliphatic rings. The average Bonchev–Trinajstić information content (AvgIpc) is 2.08. The summed E-state index contributed by atoms with van der Waals surface area (Å²) < 4.78 is 0. The van der Waals surface area contributed by atoms with Crippen molar-refractivity contribution in [2.45, 2.75) is 55.6 Å². The highest BCUT2D eigenvalue weighted by atomic mass is 32.2. The molecule has 2 heteroatoms. The Labute approximate surface area is 103 Å². The van der Waals surface area contributed by atoms with Crippen LogP contribution in [0.1, 0.15) is 34.6 Å². The Morgan fingerprint density at radius 3 is 2.07 bits per heavy atom. The minimum atomic E-state index is 0.592. The van der Waals surface area contributed by atoms with Crippen LogP contribution in [0.25, 0.3) is 0 Å². The van der Waals surface area contributed by atoms with E-state index in [1.807, 2.05) is 23.5 Å². The standard InChI is InChI=1S/C13H22S2/c1-9(2)14-12-6-7-13(11(5)8-12)15-10(3)4/h6-10,12-13H,1-5H3. The first kappa shape index (κ1) is 13.2. The topological polar surface area (TPSA) is 0 Å². The molecule has 0 radical (unpaired) electrons. The van der Waals surface area contributed by atoms with E-state index >= 15 is 0 Å². The number of hydrogen-bond acceptors (Lipinski definition) is 2. The average molecular weight is 242 g/mol. The maximum atomic E-state index is 2.42. The van der Waals surface area contributed by atoms with E-state index in [4.69, 9.17) is 0 Å². The van der Waals surface area contributed by atoms with Gasteiger partial charge in [-0.3, -0.25) is 0 Å². The van der Waals surface area contributed by atoms with Crippen molar-refractivity contribution >= 4 is 23.5 Å². The van der Waals surface area contributed by atoms with Gasteiger partial charge < -0.3 is 0 Å². The Bertz CT molecular complexity index is 251. The molecule has 2 atom stereocenters. The third-order valence-corrected chi connectivity index (χ3v) is 4.72. The van der Waals surface area contributed by atoms with E-state index in [2.05, 4.69) is 52.8 Å². The molecule has 0 aromatic rings. The molecule has 0 saturated heterocycles. The van der Waals surface area contributed by atoms with Gasteiger partial charge in [0.15, 0.2) is 0 Å². The van der Waals surface area contributed by atoms with Gasteiger partial charge in [0, 0.05) is 10.5 Å². The van der Waals surface area contributed by atoms with E-state index in [0.29, 0.717) is 21.0 Å². The van der Waals surface area contributed by atoms with Gasteiger partial charge in [0.1, 0.15) is 0 Å². The molecule has 0 nitrogen and oxygen atoms in total. The van der Waals surface area contributed by atoms with Crippen molar-refractivity contribution in [3.63, 3.8) is 0 Å². The zero-order valence-electron chi connectivity index (χ0n) is 10.4. The molecule has 0 N–H and O–H groups in total. The fourth-order valence-corrected chi connectivity index (χ4v) is 3.78. The molecular formula is C13H22S2. The van der Waals surface area contributed by atoms with Crippen molar-refractivity contribution in [2.75, 3.05) is 0 Å². The Balaban J connectivity index is 2.54. The second-order valence-electron chi connectivity index (χ2n) is 4.55. The van der Waals surface area contributed by atoms with Gasteiger partial charge >= 0.3 is 0 Å². The molecule has 1 aliphatic carbocycles. The Morgan fingerprint density at radius 1 is 1.00 bits per heavy atom. The van der Waals surface area contributed by atoms with Crippen LogP contribution >= 0.6 is 23.5 Å². The van der Waals surface area contributed by atoms with Crippen LogP contribution in [0.5, 0.6) is 0 Å². The molecule has 0 heterocycles. The summed E-state index contributed by atoms with van der Waals surface area (Å²) in [5, 5.41) is 2.61. The van der Waals surface area contributed by atoms with E-state index in [9.17, 15) is 0 Å². The molecule has 0 aliphatic heterocycles. The molecule has 0 aromatic carbocycles. The number of rotatable bonds is 4. The highest BCUT2D eigenvalue weighted by Crippen LogP contribution is 2.32. The first-order valence-corrected chi connectivity index (χ1v) is 7.55. The second-order valence-corrected chi connectivity index (χ2v) is 8.03. The van der Waals surface area contributed by atoms with Crippen LogP contribution < -0.4 is 0 Å². The Kier molecular flexibility index (Phi) is 5.34. The smallest absolute Gasteiger partial charge is 0.0437 e. The summed E-state index contributed by atoms with van der Waals surface area (Å²) in [5.74, 6) is 0. The van der Waals surface area contributed by atoms with E-state index < -0.39 is 0 Å². The summed E-state index contributed by atoms with van der Waals surface area (Å²) in [6.45, 7) is 11.3. The summed E-state index contributed by atoms with van der Waals surface area (Å²) >= 11 is 4.07. The van der Waals surface area contributed by atoms with E-state index in [-0.39, 0.29) is 0 Å². The van der Waals surface area contributed by atoms with Crippen LogP contribution in [0.2, 0.25) is 0 Å². The third-order valence-electron chi connectivity index (χ3n) is 2.20. The molecule has 0 fully saturated rings. The fourth-order valence-electron chi connectivity index (χ4n) is 1.62. The van der Waals surface area contributed by atoms with Crippen molar-refractivity contribution in [1.29, 1.82) is 0 Å². The van der Waals surface area contributed by atoms with Crippen molar-refractivity contribution in [1.82, 2.24) is 0 Å². The largest absolute Gasteiger partial charge is 0.147 e. The molecule has 0 amide bonds. The van der Waals surface area contributed by atoms with Crippen molar-refractivity contribution < 1.29 is 0 Å². The maximum Gasteiger partial charge on any atom is 0.0437 e. The lowest BCUT2D eigenvalue weighted by atomic mass is 10.1. The van der Waals surface area contributed by atoms with Gasteiger partial charge in [-0.25, -0.2) is 0 Å². The molecule has 1 rings (SSSR count). The van der Waals surface area contributed by atoms with Gasteiger partial charge in [0.2, 0.25) is 0 Å². The normalized spacial score (nSPS) is 26.2. The lowest BCUT2D eigenvalue weighted by molar-refractivity contribution is 1.06. The highest BCUT2D eigenvalue weighted by Gasteiger charge is 2.17. The van der Waals surface area contributed by atoms with Crippen molar-refractivity contribution in [3.05, 3.63) is 23.8 Å². The Morgan fingerprint density at radius 2 is 1.60 bits per heavy atom. The van der Waals surface area contributed by atoms with Crippen LogP contribution in [0.15, 0.2) is 23.8 Å². The predicted molar refractivity (Wildman–Crippen MR) is 75.9 cm³/mol. The van der Waals surface area contributed by atoms with Crippen LogP contribution in [-0.4, -0.2) is 21.0 Å². The minimum absolute atomic E-state index is 0.592. The summed E-state index contributed by atoms with van der Waals surface area (Å²) in [4.78, 5) is 0. The van der Waals surface area contributed by atoms with Crippen LogP contribution in [0.4, 0.5) is 0 Å². The van der Waals surface area contributed by atoms with E-state index in [1.165, 1.54) is 5.57 Å². The van der Waals surface area contributed by atoms with Gasteiger partial charge in [-0.1, -0.05) is 51.5 Å². The zero-order chi connectivity index (χ0) is 11.4. The molecule has 86 valence electrons. The van der Waals surface area contributed by atoms with Gasteiger partial charge in [0.25, 0.3) is 0 Å². The van der Waals surface area contributed by atoms with Crippen LogP contribution in [0, 0.1) is 0 Å². The minimum Gasteiger partial charge on any atom is -0.147 e. The molecule has 0 aromatic heterocycles. The van der Waals surface area contributed by atoms with Crippen molar-refractivity contribution in [3.8, 4) is 0 Å². The first-order chi connectivity index (χ1) is 6.99. The zero-order valence-corrected chi connectivity index (χ0v) is 12.0. The number of hydrogen-bond donors (Lipinski definition) is 0.